The fourth-order valence-electron chi connectivity index (χ4n) is 3.67. The molecular weight excluding hydrogens is 445 g/mol. The quantitative estimate of drug-likeness (QED) is 0.748. The predicted octanol–water partition coefficient (Wildman–Crippen LogP) is 2.71. The summed E-state index contributed by atoms with van der Waals surface area (Å²) in [6.07, 6.45) is -1.69. The lowest BCUT2D eigenvalue weighted by Crippen LogP contribution is -2.64. The molecule has 1 N–H and O–H groups in total. The van der Waals surface area contributed by atoms with Crippen LogP contribution in [0.5, 0.6) is 5.75 Å². The van der Waals surface area contributed by atoms with Gasteiger partial charge in [0.05, 0.1) is 38.2 Å². The number of nitrogens with one attached hydrogen (secondary N) is 1. The van der Waals surface area contributed by atoms with Crippen LogP contribution in [-0.2, 0) is 9.47 Å². The summed E-state index contributed by atoms with van der Waals surface area (Å²) in [6, 6.07) is 7.76. The van der Waals surface area contributed by atoms with Crippen LogP contribution in [0, 0.1) is 0 Å². The molecule has 1 aromatic heterocycles. The summed E-state index contributed by atoms with van der Waals surface area (Å²) in [4.78, 5) is 32.6. The number of alkyl halides is 3. The number of urea groups is 1. The summed E-state index contributed by atoms with van der Waals surface area (Å²) in [5, 5.41) is 2.76. The fraction of sp³-hybridized carbons (Fsp3) is 0.381. The molecule has 2 fully saturated rings. The molecule has 1 unspecified atom stereocenters. The Labute approximate surface area is 187 Å². The number of carbonyl (C=O) groups is 2. The third-order valence-electron chi connectivity index (χ3n) is 5.14. The van der Waals surface area contributed by atoms with E-state index >= 15 is 0 Å². The van der Waals surface area contributed by atoms with E-state index in [0.717, 1.165) is 12.1 Å². The van der Waals surface area contributed by atoms with Crippen LogP contribution in [-0.4, -0.2) is 78.3 Å². The third kappa shape index (κ3) is 5.71. The number of hydrogen-bond acceptors (Lipinski definition) is 6. The normalized spacial score (nSPS) is 21.1. The molecule has 3 amide bonds. The van der Waals surface area contributed by atoms with Crippen molar-refractivity contribution in [3.63, 3.8) is 0 Å². The summed E-state index contributed by atoms with van der Waals surface area (Å²) >= 11 is 0. The van der Waals surface area contributed by atoms with E-state index in [1.165, 1.54) is 28.1 Å². The zero-order chi connectivity index (χ0) is 23.5. The van der Waals surface area contributed by atoms with E-state index in [2.05, 4.69) is 15.0 Å². The molecule has 4 rings (SSSR count). The lowest BCUT2D eigenvalue weighted by molar-refractivity contribution is -0.281. The Bertz CT molecular complexity index is 986. The maximum Gasteiger partial charge on any atom is 0.573 e. The SMILES string of the molecule is O=C(Nc1cccnc1)N1CCOC2(C1)CN(C(=O)c1ccc(OC(F)(F)F)cc1)CCO2. The Balaban J connectivity index is 1.40. The second-order valence-electron chi connectivity index (χ2n) is 7.50. The molecule has 0 bridgehead atoms. The predicted molar refractivity (Wildman–Crippen MR) is 108 cm³/mol. The standard InChI is InChI=1S/C21H21F3N4O5/c22-21(23,24)33-17-5-3-15(4-6-17)18(29)27-8-10-31-20(13-27)14-28(9-11-32-20)19(30)26-16-2-1-7-25-12-16/h1-7,12H,8-11,13-14H2,(H,26,30). The molecule has 2 saturated heterocycles. The van der Waals surface area contributed by atoms with Crippen molar-refractivity contribution in [1.82, 2.24) is 14.8 Å². The zero-order valence-electron chi connectivity index (χ0n) is 17.4. The highest BCUT2D eigenvalue weighted by molar-refractivity contribution is 5.94. The van der Waals surface area contributed by atoms with Gasteiger partial charge in [0.25, 0.3) is 5.91 Å². The first-order chi connectivity index (χ1) is 15.7. The first-order valence-corrected chi connectivity index (χ1v) is 10.1. The minimum absolute atomic E-state index is 0.0588. The van der Waals surface area contributed by atoms with Crippen LogP contribution in [0.4, 0.5) is 23.7 Å². The van der Waals surface area contributed by atoms with Crippen LogP contribution in [0.25, 0.3) is 0 Å². The topological polar surface area (TPSA) is 93.2 Å². The van der Waals surface area contributed by atoms with Crippen LogP contribution < -0.4 is 10.1 Å². The Morgan fingerprint density at radius 2 is 1.70 bits per heavy atom. The van der Waals surface area contributed by atoms with Gasteiger partial charge in [0.1, 0.15) is 5.75 Å². The maximum absolute atomic E-state index is 12.9. The molecule has 1 aromatic carbocycles. The van der Waals surface area contributed by atoms with Gasteiger partial charge in [-0.1, -0.05) is 0 Å². The lowest BCUT2D eigenvalue weighted by atomic mass is 10.1. The number of anilines is 1. The molecule has 1 atom stereocenters. The van der Waals surface area contributed by atoms with Crippen LogP contribution in [0.2, 0.25) is 0 Å². The molecule has 0 saturated carbocycles. The molecule has 1 spiro atoms. The Morgan fingerprint density at radius 1 is 1.03 bits per heavy atom. The molecule has 33 heavy (non-hydrogen) atoms. The average molecular weight is 466 g/mol. The summed E-state index contributed by atoms with van der Waals surface area (Å²) < 4.78 is 52.5. The Kier molecular flexibility index (Phi) is 6.38. The summed E-state index contributed by atoms with van der Waals surface area (Å²) in [7, 11) is 0. The van der Waals surface area contributed by atoms with Gasteiger partial charge in [0.15, 0.2) is 0 Å². The van der Waals surface area contributed by atoms with Gasteiger partial charge in [0.2, 0.25) is 5.79 Å². The fourth-order valence-corrected chi connectivity index (χ4v) is 3.67. The maximum atomic E-state index is 12.9. The van der Waals surface area contributed by atoms with Gasteiger partial charge in [-0.2, -0.15) is 0 Å². The van der Waals surface area contributed by atoms with E-state index in [-0.39, 0.29) is 44.4 Å². The number of carbonyl (C=O) groups excluding carboxylic acids is 2. The molecule has 3 heterocycles. The van der Waals surface area contributed by atoms with Gasteiger partial charge in [0, 0.05) is 24.8 Å². The van der Waals surface area contributed by atoms with E-state index in [1.807, 2.05) is 0 Å². The number of ether oxygens (including phenoxy) is 3. The molecular formula is C21H21F3N4O5. The summed E-state index contributed by atoms with van der Waals surface area (Å²) in [5.74, 6) is -2.00. The molecule has 0 aliphatic carbocycles. The van der Waals surface area contributed by atoms with Gasteiger partial charge in [-0.05, 0) is 36.4 Å². The average Bonchev–Trinajstić information content (AvgIpc) is 2.79. The number of halogens is 3. The summed E-state index contributed by atoms with van der Waals surface area (Å²) in [5.41, 5.74) is 0.742. The van der Waals surface area contributed by atoms with Crippen molar-refractivity contribution in [1.29, 1.82) is 0 Å². The number of pyridine rings is 1. The van der Waals surface area contributed by atoms with Crippen molar-refractivity contribution >= 4 is 17.6 Å². The molecule has 0 radical (unpaired) electrons. The highest BCUT2D eigenvalue weighted by atomic mass is 19.4. The molecule has 2 aromatic rings. The highest BCUT2D eigenvalue weighted by Gasteiger charge is 2.44. The second-order valence-corrected chi connectivity index (χ2v) is 7.50. The van der Waals surface area contributed by atoms with Crippen molar-refractivity contribution in [2.45, 2.75) is 12.1 Å². The minimum Gasteiger partial charge on any atom is -0.406 e. The van der Waals surface area contributed by atoms with E-state index in [4.69, 9.17) is 9.47 Å². The van der Waals surface area contributed by atoms with E-state index in [1.54, 1.807) is 18.3 Å². The van der Waals surface area contributed by atoms with Gasteiger partial charge >= 0.3 is 12.4 Å². The number of benzene rings is 1. The molecule has 9 nitrogen and oxygen atoms in total. The van der Waals surface area contributed by atoms with Crippen LogP contribution in [0.15, 0.2) is 48.8 Å². The number of rotatable bonds is 3. The first kappa shape index (κ1) is 22.8. The minimum atomic E-state index is -4.81. The first-order valence-electron chi connectivity index (χ1n) is 10.1. The van der Waals surface area contributed by atoms with Crippen LogP contribution in [0.3, 0.4) is 0 Å². The van der Waals surface area contributed by atoms with Crippen molar-refractivity contribution in [2.75, 3.05) is 44.7 Å². The Morgan fingerprint density at radius 3 is 2.33 bits per heavy atom. The van der Waals surface area contributed by atoms with Crippen LogP contribution >= 0.6 is 0 Å². The molecule has 176 valence electrons. The molecule has 12 heteroatoms. The van der Waals surface area contributed by atoms with Crippen molar-refractivity contribution in [3.8, 4) is 5.75 Å². The van der Waals surface area contributed by atoms with Gasteiger partial charge < -0.3 is 29.3 Å². The number of aromatic nitrogens is 1. The Hall–Kier alpha value is -3.38. The largest absolute Gasteiger partial charge is 0.573 e. The van der Waals surface area contributed by atoms with Crippen molar-refractivity contribution in [2.24, 2.45) is 0 Å². The second kappa shape index (κ2) is 9.24. The molecule has 2 aliphatic rings. The van der Waals surface area contributed by atoms with Gasteiger partial charge in [-0.15, -0.1) is 13.2 Å². The molecule has 2 aliphatic heterocycles. The summed E-state index contributed by atoms with van der Waals surface area (Å²) in [6.45, 7) is 1.16. The van der Waals surface area contributed by atoms with E-state index in [9.17, 15) is 22.8 Å². The monoisotopic (exact) mass is 466 g/mol. The number of hydrogen-bond donors (Lipinski definition) is 1. The number of nitrogens with zero attached hydrogens (tertiary/aromatic N) is 3. The third-order valence-corrected chi connectivity index (χ3v) is 5.14. The number of morpholine rings is 2. The van der Waals surface area contributed by atoms with E-state index < -0.39 is 23.8 Å². The van der Waals surface area contributed by atoms with E-state index in [0.29, 0.717) is 12.2 Å². The highest BCUT2D eigenvalue weighted by Crippen LogP contribution is 2.27. The van der Waals surface area contributed by atoms with Crippen molar-refractivity contribution in [3.05, 3.63) is 54.4 Å². The van der Waals surface area contributed by atoms with Crippen LogP contribution in [0.1, 0.15) is 10.4 Å². The lowest BCUT2D eigenvalue weighted by Gasteiger charge is -2.47. The van der Waals surface area contributed by atoms with Gasteiger partial charge in [-0.3, -0.25) is 9.78 Å². The number of amides is 3. The smallest absolute Gasteiger partial charge is 0.406 e. The van der Waals surface area contributed by atoms with Crippen molar-refractivity contribution < 1.29 is 37.0 Å². The van der Waals surface area contributed by atoms with Gasteiger partial charge in [-0.25, -0.2) is 4.79 Å². The zero-order valence-corrected chi connectivity index (χ0v) is 17.4.